The molecule has 1 rings (SSSR count). The second kappa shape index (κ2) is 2.74. The molecule has 0 unspecified atom stereocenters. The molecule has 4 heteroatoms. The predicted octanol–water partition coefficient (Wildman–Crippen LogP) is 1.10. The van der Waals surface area contributed by atoms with E-state index >= 15 is 0 Å². The Hall–Kier alpha value is -0.690. The van der Waals surface area contributed by atoms with Crippen LogP contribution >= 0.6 is 0 Å². The minimum absolute atomic E-state index is 0.0739. The van der Waals surface area contributed by atoms with Gasteiger partial charge in [0.25, 0.3) is 0 Å². The van der Waals surface area contributed by atoms with E-state index in [4.69, 9.17) is 10.4 Å². The van der Waals surface area contributed by atoms with Gasteiger partial charge in [0.15, 0.2) is 0 Å². The molecule has 0 aromatic carbocycles. The normalized spacial score (nSPS) is 36.2. The van der Waals surface area contributed by atoms with Gasteiger partial charge in [-0.05, 0) is 19.3 Å². The Bertz CT molecular complexity index is 179. The molecular weight excluding hydrogens is 152 g/mol. The van der Waals surface area contributed by atoms with Crippen LogP contribution in [0.15, 0.2) is 0 Å². The first-order chi connectivity index (χ1) is 5.11. The van der Waals surface area contributed by atoms with Gasteiger partial charge in [0, 0.05) is 0 Å². The monoisotopic (exact) mass is 161 g/mol. The molecule has 0 aromatic heterocycles. The van der Waals surface area contributed by atoms with Crippen molar-refractivity contribution in [3.05, 3.63) is 0 Å². The average Bonchev–Trinajstić information content (AvgIpc) is 2.00. The molecule has 2 atom stereocenters. The standard InChI is InChI=1S/C7H9F2NO/c8-5-2-1-3-6(9)7(5,11)4-10/h5-6,11H,1-3H2/t5-,6-/m0/s1. The maximum absolute atomic E-state index is 12.8. The van der Waals surface area contributed by atoms with Crippen LogP contribution in [0.25, 0.3) is 0 Å². The van der Waals surface area contributed by atoms with Crippen molar-refractivity contribution >= 4 is 0 Å². The number of nitriles is 1. The van der Waals surface area contributed by atoms with E-state index in [9.17, 15) is 8.78 Å². The quantitative estimate of drug-likeness (QED) is 0.540. The molecule has 0 saturated heterocycles. The molecule has 0 amide bonds. The summed E-state index contributed by atoms with van der Waals surface area (Å²) in [4.78, 5) is 0. The van der Waals surface area contributed by atoms with Gasteiger partial charge in [-0.1, -0.05) is 0 Å². The lowest BCUT2D eigenvalue weighted by molar-refractivity contribution is -0.0726. The summed E-state index contributed by atoms with van der Waals surface area (Å²) < 4.78 is 25.5. The van der Waals surface area contributed by atoms with Gasteiger partial charge in [-0.15, -0.1) is 0 Å². The highest BCUT2D eigenvalue weighted by atomic mass is 19.1. The fourth-order valence-electron chi connectivity index (χ4n) is 1.25. The predicted molar refractivity (Wildman–Crippen MR) is 34.2 cm³/mol. The number of alkyl halides is 2. The maximum Gasteiger partial charge on any atom is 0.213 e. The van der Waals surface area contributed by atoms with Gasteiger partial charge in [-0.25, -0.2) is 8.78 Å². The molecule has 11 heavy (non-hydrogen) atoms. The van der Waals surface area contributed by atoms with Crippen LogP contribution in [0, 0.1) is 11.3 Å². The van der Waals surface area contributed by atoms with E-state index in [1.807, 2.05) is 0 Å². The molecule has 0 aliphatic heterocycles. The summed E-state index contributed by atoms with van der Waals surface area (Å²) in [5, 5.41) is 17.4. The van der Waals surface area contributed by atoms with Gasteiger partial charge in [0.05, 0.1) is 0 Å². The number of nitrogens with zero attached hydrogens (tertiary/aromatic N) is 1. The molecular formula is C7H9F2NO. The lowest BCUT2D eigenvalue weighted by Crippen LogP contribution is -2.49. The topological polar surface area (TPSA) is 44.0 Å². The Labute approximate surface area is 63.4 Å². The first-order valence-electron chi connectivity index (χ1n) is 3.53. The maximum atomic E-state index is 12.8. The Kier molecular flexibility index (Phi) is 2.10. The molecule has 0 aromatic rings. The largest absolute Gasteiger partial charge is 0.371 e. The van der Waals surface area contributed by atoms with E-state index in [-0.39, 0.29) is 12.8 Å². The minimum Gasteiger partial charge on any atom is -0.371 e. The minimum atomic E-state index is -2.39. The van der Waals surface area contributed by atoms with Crippen molar-refractivity contribution in [1.29, 1.82) is 5.26 Å². The number of aliphatic hydroxyl groups is 1. The third-order valence-corrected chi connectivity index (χ3v) is 2.05. The van der Waals surface area contributed by atoms with Crippen molar-refractivity contribution in [2.24, 2.45) is 0 Å². The van der Waals surface area contributed by atoms with Crippen molar-refractivity contribution in [2.45, 2.75) is 37.2 Å². The first kappa shape index (κ1) is 8.41. The van der Waals surface area contributed by atoms with Gasteiger partial charge in [-0.3, -0.25) is 0 Å². The van der Waals surface area contributed by atoms with E-state index in [1.54, 1.807) is 0 Å². The van der Waals surface area contributed by atoms with E-state index < -0.39 is 17.9 Å². The highest BCUT2D eigenvalue weighted by molar-refractivity contribution is 5.12. The second-order valence-electron chi connectivity index (χ2n) is 2.80. The molecule has 1 saturated carbocycles. The molecule has 2 nitrogen and oxygen atoms in total. The summed E-state index contributed by atoms with van der Waals surface area (Å²) >= 11 is 0. The van der Waals surface area contributed by atoms with Crippen molar-refractivity contribution in [2.75, 3.05) is 0 Å². The molecule has 0 bridgehead atoms. The first-order valence-corrected chi connectivity index (χ1v) is 3.53. The van der Waals surface area contributed by atoms with Gasteiger partial charge in [0.1, 0.15) is 18.4 Å². The highest BCUT2D eigenvalue weighted by Gasteiger charge is 2.48. The Balaban J connectivity index is 2.80. The van der Waals surface area contributed by atoms with Crippen LogP contribution in [-0.2, 0) is 0 Å². The van der Waals surface area contributed by atoms with Crippen LogP contribution in [0.5, 0.6) is 0 Å². The summed E-state index contributed by atoms with van der Waals surface area (Å²) in [6.07, 6.45) is -2.94. The molecule has 1 aliphatic carbocycles. The number of rotatable bonds is 0. The number of hydrogen-bond acceptors (Lipinski definition) is 2. The lowest BCUT2D eigenvalue weighted by atomic mass is 9.83. The molecule has 0 heterocycles. The molecule has 0 spiro atoms. The summed E-state index contributed by atoms with van der Waals surface area (Å²) in [6.45, 7) is 0. The van der Waals surface area contributed by atoms with Crippen LogP contribution in [0.3, 0.4) is 0 Å². The molecule has 62 valence electrons. The fraction of sp³-hybridized carbons (Fsp3) is 0.857. The van der Waals surface area contributed by atoms with Crippen LogP contribution in [0.4, 0.5) is 8.78 Å². The van der Waals surface area contributed by atoms with Gasteiger partial charge >= 0.3 is 0 Å². The summed E-state index contributed by atoms with van der Waals surface area (Å²) in [5.74, 6) is 0. The number of hydrogen-bond donors (Lipinski definition) is 1. The lowest BCUT2D eigenvalue weighted by Gasteiger charge is -2.31. The second-order valence-corrected chi connectivity index (χ2v) is 2.80. The van der Waals surface area contributed by atoms with Crippen LogP contribution in [0.2, 0.25) is 0 Å². The van der Waals surface area contributed by atoms with Crippen LogP contribution < -0.4 is 0 Å². The van der Waals surface area contributed by atoms with Gasteiger partial charge in [0.2, 0.25) is 5.60 Å². The van der Waals surface area contributed by atoms with Crippen molar-refractivity contribution in [1.82, 2.24) is 0 Å². The molecule has 1 aliphatic rings. The number of halogens is 2. The third-order valence-electron chi connectivity index (χ3n) is 2.05. The summed E-state index contributed by atoms with van der Waals surface area (Å²) in [7, 11) is 0. The summed E-state index contributed by atoms with van der Waals surface area (Å²) in [5.41, 5.74) is -2.39. The smallest absolute Gasteiger partial charge is 0.213 e. The van der Waals surface area contributed by atoms with E-state index in [0.29, 0.717) is 6.42 Å². The van der Waals surface area contributed by atoms with Crippen molar-refractivity contribution in [3.63, 3.8) is 0 Å². The van der Waals surface area contributed by atoms with Crippen molar-refractivity contribution < 1.29 is 13.9 Å². The van der Waals surface area contributed by atoms with E-state index in [0.717, 1.165) is 0 Å². The third kappa shape index (κ3) is 1.21. The zero-order chi connectivity index (χ0) is 8.48. The zero-order valence-electron chi connectivity index (χ0n) is 5.93. The van der Waals surface area contributed by atoms with Crippen LogP contribution in [-0.4, -0.2) is 23.1 Å². The highest BCUT2D eigenvalue weighted by Crippen LogP contribution is 2.32. The zero-order valence-corrected chi connectivity index (χ0v) is 5.93. The summed E-state index contributed by atoms with van der Waals surface area (Å²) in [6, 6.07) is 1.29. The Morgan fingerprint density at radius 2 is 1.82 bits per heavy atom. The SMILES string of the molecule is N#CC1(O)[C@@H](F)CCC[C@@H]1F. The van der Waals surface area contributed by atoms with E-state index in [1.165, 1.54) is 6.07 Å². The van der Waals surface area contributed by atoms with Gasteiger partial charge < -0.3 is 5.11 Å². The van der Waals surface area contributed by atoms with Crippen molar-refractivity contribution in [3.8, 4) is 6.07 Å². The van der Waals surface area contributed by atoms with E-state index in [2.05, 4.69) is 0 Å². The fourth-order valence-corrected chi connectivity index (χ4v) is 1.25. The Morgan fingerprint density at radius 3 is 2.09 bits per heavy atom. The van der Waals surface area contributed by atoms with Crippen LogP contribution in [0.1, 0.15) is 19.3 Å². The molecule has 0 radical (unpaired) electrons. The Morgan fingerprint density at radius 1 is 1.36 bits per heavy atom. The van der Waals surface area contributed by atoms with Gasteiger partial charge in [-0.2, -0.15) is 5.26 Å². The molecule has 1 fully saturated rings. The molecule has 1 N–H and O–H groups in total. The average molecular weight is 161 g/mol.